The zero-order valence-electron chi connectivity index (χ0n) is 26.6. The number of ether oxygens (including phenoxy) is 3. The van der Waals surface area contributed by atoms with Gasteiger partial charge >= 0.3 is 5.97 Å². The van der Waals surface area contributed by atoms with E-state index in [9.17, 15) is 13.6 Å². The van der Waals surface area contributed by atoms with E-state index in [1.54, 1.807) is 37.8 Å². The molecular formula is C31H40ClF4N3O4SSi. The number of hydrogen-bond acceptors (Lipinski definition) is 7. The van der Waals surface area contributed by atoms with E-state index in [0.29, 0.717) is 17.6 Å². The Hall–Kier alpha value is -2.61. The molecular weight excluding hydrogens is 650 g/mol. The van der Waals surface area contributed by atoms with Gasteiger partial charge < -0.3 is 18.8 Å². The van der Waals surface area contributed by atoms with Gasteiger partial charge in [-0.15, -0.1) is 11.8 Å². The maximum atomic E-state index is 15.2. The second-order valence-electron chi connectivity index (χ2n) is 12.8. The van der Waals surface area contributed by atoms with Crippen LogP contribution in [-0.2, 0) is 27.4 Å². The number of thioether (sulfide) groups is 1. The normalized spacial score (nSPS) is 13.0. The molecule has 0 N–H and O–H groups in total. The van der Waals surface area contributed by atoms with E-state index in [1.165, 1.54) is 12.3 Å². The summed E-state index contributed by atoms with van der Waals surface area (Å²) in [7, 11) is -1.27. The summed E-state index contributed by atoms with van der Waals surface area (Å²) in [5.41, 5.74) is -0.151. The molecule has 45 heavy (non-hydrogen) atoms. The molecule has 7 nitrogen and oxygen atoms in total. The molecule has 0 fully saturated rings. The minimum Gasteiger partial charge on any atom is -0.460 e. The lowest BCUT2D eigenvalue weighted by molar-refractivity contribution is -0.156. The van der Waals surface area contributed by atoms with Crippen LogP contribution in [0.1, 0.15) is 39.2 Å². The van der Waals surface area contributed by atoms with E-state index in [0.717, 1.165) is 29.9 Å². The average molecular weight is 690 g/mol. The molecule has 0 unspecified atom stereocenters. The Kier molecular flexibility index (Phi) is 12.5. The number of carbonyl (C=O) groups excluding carboxylic acids is 1. The van der Waals surface area contributed by atoms with Crippen molar-refractivity contribution in [3.63, 3.8) is 0 Å². The van der Waals surface area contributed by atoms with Crippen molar-refractivity contribution in [2.45, 2.75) is 84.0 Å². The molecule has 0 aliphatic carbocycles. The highest BCUT2D eigenvalue weighted by Crippen LogP contribution is 2.37. The fraction of sp³-hybridized carbons (Fsp3) is 0.516. The molecule has 0 aliphatic rings. The molecule has 0 atom stereocenters. The first kappa shape index (κ1) is 36.9. The van der Waals surface area contributed by atoms with Crippen molar-refractivity contribution in [3.8, 4) is 11.5 Å². The third kappa shape index (κ3) is 11.6. The van der Waals surface area contributed by atoms with Gasteiger partial charge in [-0.2, -0.15) is 0 Å². The lowest BCUT2D eigenvalue weighted by Crippen LogP contribution is -2.27. The molecule has 0 aliphatic heterocycles. The summed E-state index contributed by atoms with van der Waals surface area (Å²) in [6.07, 6.45) is 3.43. The second kappa shape index (κ2) is 15.3. The maximum Gasteiger partial charge on any atom is 0.306 e. The standard InChI is InChI=1S/C31H40ClF4N3O4SSi/c1-30(2,3)43-26(40)8-10-31(35,36)18-38-25(44-4)16-20-14-22(33)28(23(34)15-20)42-24-9-11-37-29-27(24)21(32)17-39(29)19-41-12-13-45(5,6)7/h9,11,14-15,17H,8,10,12-13,16,18-19H2,1-7H3. The van der Waals surface area contributed by atoms with Crippen molar-refractivity contribution in [2.24, 2.45) is 4.99 Å². The summed E-state index contributed by atoms with van der Waals surface area (Å²) >= 11 is 7.55. The Morgan fingerprint density at radius 2 is 1.82 bits per heavy atom. The van der Waals surface area contributed by atoms with Crippen molar-refractivity contribution in [2.75, 3.05) is 19.4 Å². The number of esters is 1. The molecule has 1 aromatic carbocycles. The van der Waals surface area contributed by atoms with E-state index in [4.69, 9.17) is 25.8 Å². The molecule has 2 heterocycles. The largest absolute Gasteiger partial charge is 0.460 e. The molecule has 3 aromatic rings. The van der Waals surface area contributed by atoms with Gasteiger partial charge in [-0.25, -0.2) is 22.5 Å². The highest BCUT2D eigenvalue weighted by molar-refractivity contribution is 8.13. The molecule has 0 saturated heterocycles. The van der Waals surface area contributed by atoms with Crippen LogP contribution in [0.25, 0.3) is 11.0 Å². The number of rotatable bonds is 14. The van der Waals surface area contributed by atoms with Crippen LogP contribution < -0.4 is 4.74 Å². The molecule has 0 spiro atoms. The van der Waals surface area contributed by atoms with Crippen molar-refractivity contribution < 1.29 is 36.6 Å². The van der Waals surface area contributed by atoms with Gasteiger partial charge in [0, 0.05) is 39.9 Å². The van der Waals surface area contributed by atoms with Crippen LogP contribution in [0.3, 0.4) is 0 Å². The van der Waals surface area contributed by atoms with Crippen LogP contribution >= 0.6 is 23.4 Å². The quantitative estimate of drug-likeness (QED) is 0.0420. The molecule has 0 bridgehead atoms. The zero-order chi connectivity index (χ0) is 33.6. The smallest absolute Gasteiger partial charge is 0.306 e. The number of benzene rings is 1. The first-order valence-electron chi connectivity index (χ1n) is 14.4. The Balaban J connectivity index is 1.71. The summed E-state index contributed by atoms with van der Waals surface area (Å²) < 4.78 is 77.5. The highest BCUT2D eigenvalue weighted by Gasteiger charge is 2.31. The predicted octanol–water partition coefficient (Wildman–Crippen LogP) is 9.13. The average Bonchev–Trinajstić information content (AvgIpc) is 3.24. The second-order valence-corrected chi connectivity index (χ2v) is 19.7. The molecule has 14 heteroatoms. The van der Waals surface area contributed by atoms with Crippen molar-refractivity contribution in [1.29, 1.82) is 0 Å². The Bertz CT molecular complexity index is 1500. The van der Waals surface area contributed by atoms with E-state index < -0.39 is 62.3 Å². The third-order valence-electron chi connectivity index (χ3n) is 6.36. The van der Waals surface area contributed by atoms with E-state index in [1.807, 2.05) is 0 Å². The van der Waals surface area contributed by atoms with Gasteiger partial charge in [0.25, 0.3) is 5.92 Å². The summed E-state index contributed by atoms with van der Waals surface area (Å²) in [6, 6.07) is 4.59. The fourth-order valence-electron chi connectivity index (χ4n) is 4.11. The fourth-order valence-corrected chi connectivity index (χ4v) is 5.67. The molecule has 0 saturated carbocycles. The molecule has 248 valence electrons. The first-order valence-corrected chi connectivity index (χ1v) is 19.7. The Morgan fingerprint density at radius 1 is 1.16 bits per heavy atom. The predicted molar refractivity (Wildman–Crippen MR) is 175 cm³/mol. The summed E-state index contributed by atoms with van der Waals surface area (Å²) in [5, 5.41) is 0.902. The molecule has 0 radical (unpaired) electrons. The van der Waals surface area contributed by atoms with Crippen LogP contribution in [0.15, 0.2) is 35.6 Å². The SMILES string of the molecule is CSC(Cc1cc(F)c(Oc2ccnc3c2c(Cl)cn3COCC[Si](C)(C)C)c(F)c1)=NCC(F)(F)CCC(=O)OC(C)(C)C. The van der Waals surface area contributed by atoms with Gasteiger partial charge in [-0.05, 0) is 56.8 Å². The number of alkyl halides is 2. The van der Waals surface area contributed by atoms with Crippen LogP contribution in [0.5, 0.6) is 11.5 Å². The number of hydrogen-bond donors (Lipinski definition) is 0. The highest BCUT2D eigenvalue weighted by atomic mass is 35.5. The maximum absolute atomic E-state index is 15.2. The van der Waals surface area contributed by atoms with Crippen molar-refractivity contribution in [3.05, 3.63) is 52.8 Å². The minimum atomic E-state index is -3.26. The Labute approximate surface area is 271 Å². The zero-order valence-corrected chi connectivity index (χ0v) is 29.2. The van der Waals surface area contributed by atoms with Gasteiger partial charge in [0.1, 0.15) is 30.3 Å². The molecule has 3 rings (SSSR count). The Morgan fingerprint density at radius 3 is 2.42 bits per heavy atom. The summed E-state index contributed by atoms with van der Waals surface area (Å²) in [4.78, 5) is 20.1. The number of aromatic nitrogens is 2. The van der Waals surface area contributed by atoms with Crippen LogP contribution in [-0.4, -0.2) is 59.6 Å². The monoisotopic (exact) mass is 689 g/mol. The number of aliphatic imine (C=N–C) groups is 1. The number of nitrogens with zero attached hydrogens (tertiary/aromatic N) is 3. The van der Waals surface area contributed by atoms with Gasteiger partial charge in [-0.3, -0.25) is 9.79 Å². The summed E-state index contributed by atoms with van der Waals surface area (Å²) in [6.45, 7) is 11.6. The number of carbonyl (C=O) groups is 1. The van der Waals surface area contributed by atoms with Crippen LogP contribution in [0.4, 0.5) is 17.6 Å². The van der Waals surface area contributed by atoms with Crippen LogP contribution in [0, 0.1) is 11.6 Å². The number of fused-ring (bicyclic) bond motifs is 1. The van der Waals surface area contributed by atoms with Crippen molar-refractivity contribution in [1.82, 2.24) is 9.55 Å². The minimum absolute atomic E-state index is 0.0800. The number of halogens is 5. The van der Waals surface area contributed by atoms with Gasteiger partial charge in [0.05, 0.1) is 21.9 Å². The van der Waals surface area contributed by atoms with Gasteiger partial charge in [0.15, 0.2) is 17.4 Å². The summed E-state index contributed by atoms with van der Waals surface area (Å²) in [5.74, 6) is -6.48. The van der Waals surface area contributed by atoms with Gasteiger partial charge in [0.2, 0.25) is 0 Å². The van der Waals surface area contributed by atoms with Gasteiger partial charge in [-0.1, -0.05) is 31.2 Å². The van der Waals surface area contributed by atoms with E-state index in [2.05, 4.69) is 29.6 Å². The third-order valence-corrected chi connectivity index (χ3v) is 9.10. The number of pyridine rings is 1. The van der Waals surface area contributed by atoms with Crippen molar-refractivity contribution >= 4 is 53.5 Å². The van der Waals surface area contributed by atoms with E-state index in [-0.39, 0.29) is 34.5 Å². The lowest BCUT2D eigenvalue weighted by Gasteiger charge is -2.20. The lowest BCUT2D eigenvalue weighted by atomic mass is 10.1. The first-order chi connectivity index (χ1) is 20.9. The molecule has 0 amide bonds. The van der Waals surface area contributed by atoms with Crippen LogP contribution in [0.2, 0.25) is 30.7 Å². The molecule has 2 aromatic heterocycles. The topological polar surface area (TPSA) is 74.9 Å². The van der Waals surface area contributed by atoms with E-state index >= 15 is 8.78 Å².